The molecule has 1 aliphatic carbocycles. The fourth-order valence-electron chi connectivity index (χ4n) is 3.33. The predicted octanol–water partition coefficient (Wildman–Crippen LogP) is 1.44. The Morgan fingerprint density at radius 1 is 1.42 bits per heavy atom. The Balaban J connectivity index is 1.91. The normalized spacial score (nSPS) is 30.6. The van der Waals surface area contributed by atoms with Gasteiger partial charge in [-0.25, -0.2) is 0 Å². The summed E-state index contributed by atoms with van der Waals surface area (Å²) in [7, 11) is 2.19. The Morgan fingerprint density at radius 3 is 2.63 bits per heavy atom. The molecule has 3 unspecified atom stereocenters. The van der Waals surface area contributed by atoms with Gasteiger partial charge in [-0.3, -0.25) is 10.2 Å². The minimum atomic E-state index is -0.371. The molecule has 0 aromatic carbocycles. The summed E-state index contributed by atoms with van der Waals surface area (Å²) in [5.74, 6) is 0. The zero-order valence-electron chi connectivity index (χ0n) is 12.8. The lowest BCUT2D eigenvalue weighted by atomic mass is 9.93. The van der Waals surface area contributed by atoms with E-state index in [-0.39, 0.29) is 5.54 Å². The van der Waals surface area contributed by atoms with Gasteiger partial charge >= 0.3 is 0 Å². The molecule has 1 saturated carbocycles. The fourth-order valence-corrected chi connectivity index (χ4v) is 3.33. The second-order valence-electron chi connectivity index (χ2n) is 6.76. The first kappa shape index (κ1) is 14.8. The smallest absolute Gasteiger partial charge is 0.105 e. The molecule has 0 amide bonds. The molecule has 2 fully saturated rings. The molecule has 0 aromatic heterocycles. The van der Waals surface area contributed by atoms with Crippen LogP contribution in [0.4, 0.5) is 0 Å². The minimum absolute atomic E-state index is 0.371. The number of hydrogen-bond acceptors (Lipinski definition) is 4. The summed E-state index contributed by atoms with van der Waals surface area (Å²) in [4.78, 5) is 4.95. The quantitative estimate of drug-likeness (QED) is 0.816. The largest absolute Gasteiger partial charge is 0.304 e. The predicted molar refractivity (Wildman–Crippen MR) is 77.9 cm³/mol. The van der Waals surface area contributed by atoms with Crippen molar-refractivity contribution in [3.63, 3.8) is 0 Å². The molecule has 0 aromatic rings. The van der Waals surface area contributed by atoms with Crippen LogP contribution in [0.1, 0.15) is 40.0 Å². The van der Waals surface area contributed by atoms with Gasteiger partial charge in [-0.15, -0.1) is 0 Å². The third-order valence-electron chi connectivity index (χ3n) is 4.50. The second-order valence-corrected chi connectivity index (χ2v) is 6.76. The van der Waals surface area contributed by atoms with Gasteiger partial charge in [-0.1, -0.05) is 0 Å². The molecule has 1 heterocycles. The summed E-state index contributed by atoms with van der Waals surface area (Å²) in [5, 5.41) is 13.0. The minimum Gasteiger partial charge on any atom is -0.304 e. The summed E-state index contributed by atoms with van der Waals surface area (Å²) in [6.07, 6.45) is 3.38. The SMILES string of the molecule is CC1CN(C)CCN1C(C)CC(C)(C#N)NC1CC1. The third-order valence-corrected chi connectivity index (χ3v) is 4.50. The van der Waals surface area contributed by atoms with Crippen molar-refractivity contribution in [2.24, 2.45) is 0 Å². The third kappa shape index (κ3) is 3.92. The molecule has 1 aliphatic heterocycles. The maximum absolute atomic E-state index is 9.48. The lowest BCUT2D eigenvalue weighted by Crippen LogP contribution is -2.56. The van der Waals surface area contributed by atoms with Crippen molar-refractivity contribution < 1.29 is 0 Å². The summed E-state index contributed by atoms with van der Waals surface area (Å²) >= 11 is 0. The highest BCUT2D eigenvalue weighted by Gasteiger charge is 2.36. The maximum atomic E-state index is 9.48. The van der Waals surface area contributed by atoms with E-state index in [1.165, 1.54) is 12.8 Å². The maximum Gasteiger partial charge on any atom is 0.105 e. The van der Waals surface area contributed by atoms with Gasteiger partial charge in [0.25, 0.3) is 0 Å². The molecular formula is C15H28N4. The lowest BCUT2D eigenvalue weighted by Gasteiger charge is -2.43. The molecule has 2 aliphatic rings. The molecular weight excluding hydrogens is 236 g/mol. The number of piperazine rings is 1. The standard InChI is InChI=1S/C15H28N4/c1-12(19-8-7-18(4)10-13(19)2)9-15(3,11-16)17-14-5-6-14/h12-14,17H,5-10H2,1-4H3. The van der Waals surface area contributed by atoms with E-state index >= 15 is 0 Å². The Hall–Kier alpha value is -0.630. The van der Waals surface area contributed by atoms with E-state index in [4.69, 9.17) is 0 Å². The van der Waals surface area contributed by atoms with Crippen LogP contribution in [0, 0.1) is 11.3 Å². The van der Waals surface area contributed by atoms with E-state index in [0.717, 1.165) is 26.1 Å². The van der Waals surface area contributed by atoms with Gasteiger partial charge in [0.2, 0.25) is 0 Å². The van der Waals surface area contributed by atoms with Crippen molar-refractivity contribution in [3.05, 3.63) is 0 Å². The Labute approximate surface area is 117 Å². The van der Waals surface area contributed by atoms with Crippen molar-refractivity contribution in [2.45, 2.75) is 63.7 Å². The molecule has 4 nitrogen and oxygen atoms in total. The van der Waals surface area contributed by atoms with Crippen molar-refractivity contribution in [1.82, 2.24) is 15.1 Å². The molecule has 108 valence electrons. The van der Waals surface area contributed by atoms with E-state index in [0.29, 0.717) is 18.1 Å². The Kier molecular flexibility index (Phi) is 4.50. The molecule has 1 N–H and O–H groups in total. The van der Waals surface area contributed by atoms with Crippen LogP contribution in [0.2, 0.25) is 0 Å². The number of likely N-dealkylation sites (N-methyl/N-ethyl adjacent to an activating group) is 1. The highest BCUT2D eigenvalue weighted by Crippen LogP contribution is 2.26. The zero-order valence-corrected chi connectivity index (χ0v) is 12.8. The summed E-state index contributed by atoms with van der Waals surface area (Å²) < 4.78 is 0. The van der Waals surface area contributed by atoms with Crippen LogP contribution in [0.25, 0.3) is 0 Å². The molecule has 2 rings (SSSR count). The van der Waals surface area contributed by atoms with Gasteiger partial charge in [0.05, 0.1) is 6.07 Å². The summed E-state index contributed by atoms with van der Waals surface area (Å²) in [5.41, 5.74) is -0.371. The van der Waals surface area contributed by atoms with Crippen LogP contribution < -0.4 is 5.32 Å². The summed E-state index contributed by atoms with van der Waals surface area (Å²) in [6, 6.07) is 4.12. The van der Waals surface area contributed by atoms with Crippen molar-refractivity contribution in [3.8, 4) is 6.07 Å². The summed E-state index contributed by atoms with van der Waals surface area (Å²) in [6.45, 7) is 10.0. The Bertz CT molecular complexity index is 347. The zero-order chi connectivity index (χ0) is 14.0. The van der Waals surface area contributed by atoms with Gasteiger partial charge in [0.1, 0.15) is 5.54 Å². The van der Waals surface area contributed by atoms with E-state index in [9.17, 15) is 5.26 Å². The van der Waals surface area contributed by atoms with E-state index in [1.54, 1.807) is 0 Å². The average Bonchev–Trinajstić information content (AvgIpc) is 3.12. The highest BCUT2D eigenvalue weighted by molar-refractivity contribution is 5.08. The first-order valence-electron chi connectivity index (χ1n) is 7.57. The van der Waals surface area contributed by atoms with Crippen LogP contribution in [0.3, 0.4) is 0 Å². The number of nitrogens with one attached hydrogen (secondary N) is 1. The van der Waals surface area contributed by atoms with Gasteiger partial charge in [0.15, 0.2) is 0 Å². The van der Waals surface area contributed by atoms with E-state index < -0.39 is 0 Å². The lowest BCUT2D eigenvalue weighted by molar-refractivity contribution is 0.0570. The van der Waals surface area contributed by atoms with Crippen LogP contribution >= 0.6 is 0 Å². The van der Waals surface area contributed by atoms with Crippen molar-refractivity contribution in [2.75, 3.05) is 26.7 Å². The van der Waals surface area contributed by atoms with Crippen LogP contribution in [0.5, 0.6) is 0 Å². The van der Waals surface area contributed by atoms with Gasteiger partial charge in [0, 0.05) is 37.8 Å². The van der Waals surface area contributed by atoms with E-state index in [2.05, 4.69) is 49.0 Å². The van der Waals surface area contributed by atoms with Gasteiger partial charge in [-0.05, 0) is 47.1 Å². The van der Waals surface area contributed by atoms with Crippen LogP contribution in [-0.2, 0) is 0 Å². The topological polar surface area (TPSA) is 42.3 Å². The fraction of sp³-hybridized carbons (Fsp3) is 0.933. The molecule has 1 saturated heterocycles. The average molecular weight is 264 g/mol. The van der Waals surface area contributed by atoms with Crippen molar-refractivity contribution in [1.29, 1.82) is 5.26 Å². The molecule has 4 heteroatoms. The first-order chi connectivity index (χ1) is 8.93. The number of hydrogen-bond donors (Lipinski definition) is 1. The molecule has 3 atom stereocenters. The van der Waals surface area contributed by atoms with Gasteiger partial charge in [-0.2, -0.15) is 5.26 Å². The molecule has 0 bridgehead atoms. The molecule has 0 spiro atoms. The number of nitrogens with zero attached hydrogens (tertiary/aromatic N) is 3. The van der Waals surface area contributed by atoms with Gasteiger partial charge < -0.3 is 4.90 Å². The number of rotatable bonds is 5. The van der Waals surface area contributed by atoms with E-state index in [1.807, 2.05) is 0 Å². The second kappa shape index (κ2) is 5.78. The monoisotopic (exact) mass is 264 g/mol. The number of nitriles is 1. The van der Waals surface area contributed by atoms with Crippen molar-refractivity contribution >= 4 is 0 Å². The highest BCUT2D eigenvalue weighted by atomic mass is 15.3. The molecule has 0 radical (unpaired) electrons. The first-order valence-corrected chi connectivity index (χ1v) is 7.57. The Morgan fingerprint density at radius 2 is 2.11 bits per heavy atom. The van der Waals surface area contributed by atoms with Crippen LogP contribution in [0.15, 0.2) is 0 Å². The molecule has 19 heavy (non-hydrogen) atoms. The van der Waals surface area contributed by atoms with Crippen LogP contribution in [-0.4, -0.2) is 60.1 Å².